The highest BCUT2D eigenvalue weighted by Gasteiger charge is 2.34. The normalized spacial score (nSPS) is 39.2. The molecule has 0 aromatic rings. The van der Waals surface area contributed by atoms with Crippen molar-refractivity contribution in [1.82, 2.24) is 10.6 Å². The highest BCUT2D eigenvalue weighted by atomic mass is 15.1. The van der Waals surface area contributed by atoms with Crippen LogP contribution in [-0.4, -0.2) is 24.7 Å². The molecule has 17 heavy (non-hydrogen) atoms. The zero-order valence-corrected chi connectivity index (χ0v) is 11.1. The molecule has 2 saturated carbocycles. The van der Waals surface area contributed by atoms with Crippen LogP contribution in [0.3, 0.4) is 0 Å². The number of nitrogens with one attached hydrogen (secondary N) is 2. The standard InChI is InChI=1S/C15H28N2/c1-2-7-13(8-3-1)16-11-14-10-12-6-4-5-9-15(12)17-14/h12-17H,1-11H2. The van der Waals surface area contributed by atoms with Crippen LogP contribution in [0, 0.1) is 5.92 Å². The zero-order chi connectivity index (χ0) is 11.5. The van der Waals surface area contributed by atoms with Gasteiger partial charge < -0.3 is 10.6 Å². The van der Waals surface area contributed by atoms with E-state index in [1.807, 2.05) is 0 Å². The van der Waals surface area contributed by atoms with Gasteiger partial charge in [0.15, 0.2) is 0 Å². The first-order chi connectivity index (χ1) is 8.42. The fourth-order valence-electron chi connectivity index (χ4n) is 4.20. The van der Waals surface area contributed by atoms with Gasteiger partial charge >= 0.3 is 0 Å². The molecule has 3 fully saturated rings. The molecule has 0 spiro atoms. The average molecular weight is 236 g/mol. The molecule has 0 amide bonds. The van der Waals surface area contributed by atoms with E-state index in [2.05, 4.69) is 10.6 Å². The molecule has 1 aliphatic heterocycles. The first kappa shape index (κ1) is 12.0. The van der Waals surface area contributed by atoms with Gasteiger partial charge in [0.25, 0.3) is 0 Å². The number of rotatable bonds is 3. The predicted octanol–water partition coefficient (Wildman–Crippen LogP) is 2.83. The Morgan fingerprint density at radius 3 is 2.47 bits per heavy atom. The molecule has 3 unspecified atom stereocenters. The Morgan fingerprint density at radius 1 is 0.882 bits per heavy atom. The van der Waals surface area contributed by atoms with Gasteiger partial charge in [-0.2, -0.15) is 0 Å². The van der Waals surface area contributed by atoms with E-state index in [1.54, 1.807) is 0 Å². The molecule has 98 valence electrons. The molecule has 2 N–H and O–H groups in total. The Kier molecular flexibility index (Phi) is 4.02. The van der Waals surface area contributed by atoms with Gasteiger partial charge in [0.05, 0.1) is 0 Å². The summed E-state index contributed by atoms with van der Waals surface area (Å²) in [5, 5.41) is 7.68. The molecule has 0 bridgehead atoms. The van der Waals surface area contributed by atoms with E-state index >= 15 is 0 Å². The van der Waals surface area contributed by atoms with E-state index in [1.165, 1.54) is 70.8 Å². The van der Waals surface area contributed by atoms with Crippen LogP contribution in [-0.2, 0) is 0 Å². The van der Waals surface area contributed by atoms with Crippen molar-refractivity contribution in [3.63, 3.8) is 0 Å². The summed E-state index contributed by atoms with van der Waals surface area (Å²) >= 11 is 0. The number of hydrogen-bond donors (Lipinski definition) is 2. The van der Waals surface area contributed by atoms with Crippen molar-refractivity contribution in [3.05, 3.63) is 0 Å². The predicted molar refractivity (Wildman–Crippen MR) is 72.2 cm³/mol. The summed E-state index contributed by atoms with van der Waals surface area (Å²) in [5.41, 5.74) is 0. The van der Waals surface area contributed by atoms with Crippen LogP contribution in [0.2, 0.25) is 0 Å². The molecule has 1 heterocycles. The van der Waals surface area contributed by atoms with E-state index in [9.17, 15) is 0 Å². The molecule has 3 atom stereocenters. The molecular weight excluding hydrogens is 208 g/mol. The second-order valence-electron chi connectivity index (χ2n) is 6.49. The van der Waals surface area contributed by atoms with Crippen LogP contribution in [0.1, 0.15) is 64.2 Å². The third-order valence-corrected chi connectivity index (χ3v) is 5.20. The Balaban J connectivity index is 1.40. The van der Waals surface area contributed by atoms with Crippen LogP contribution < -0.4 is 10.6 Å². The molecule has 0 aromatic heterocycles. The minimum atomic E-state index is 0.769. The van der Waals surface area contributed by atoms with E-state index in [4.69, 9.17) is 0 Å². The van der Waals surface area contributed by atoms with Gasteiger partial charge in [0.2, 0.25) is 0 Å². The second kappa shape index (κ2) is 5.71. The molecule has 2 heteroatoms. The van der Waals surface area contributed by atoms with E-state index < -0.39 is 0 Å². The molecule has 0 aromatic carbocycles. The Morgan fingerprint density at radius 2 is 1.65 bits per heavy atom. The maximum atomic E-state index is 3.87. The first-order valence-corrected chi connectivity index (χ1v) is 7.91. The second-order valence-corrected chi connectivity index (χ2v) is 6.49. The van der Waals surface area contributed by atoms with Gasteiger partial charge in [-0.05, 0) is 38.0 Å². The summed E-state index contributed by atoms with van der Waals surface area (Å²) in [6.45, 7) is 1.22. The minimum absolute atomic E-state index is 0.769. The summed E-state index contributed by atoms with van der Waals surface area (Å²) in [6, 6.07) is 2.46. The zero-order valence-electron chi connectivity index (χ0n) is 11.1. The van der Waals surface area contributed by atoms with E-state index in [0.717, 1.165) is 24.0 Å². The molecule has 3 rings (SSSR count). The van der Waals surface area contributed by atoms with Crippen molar-refractivity contribution in [1.29, 1.82) is 0 Å². The summed E-state index contributed by atoms with van der Waals surface area (Å²) in [6.07, 6.45) is 14.5. The first-order valence-electron chi connectivity index (χ1n) is 7.91. The average Bonchev–Trinajstić information content (AvgIpc) is 2.80. The lowest BCUT2D eigenvalue weighted by molar-refractivity contribution is 0.325. The topological polar surface area (TPSA) is 24.1 Å². The van der Waals surface area contributed by atoms with Crippen LogP contribution in [0.4, 0.5) is 0 Å². The largest absolute Gasteiger partial charge is 0.312 e. The molecule has 3 aliphatic rings. The monoisotopic (exact) mass is 236 g/mol. The lowest BCUT2D eigenvalue weighted by atomic mass is 9.85. The maximum absolute atomic E-state index is 3.87. The van der Waals surface area contributed by atoms with Gasteiger partial charge in [-0.3, -0.25) is 0 Å². The van der Waals surface area contributed by atoms with Gasteiger partial charge in [0.1, 0.15) is 0 Å². The summed E-state index contributed by atoms with van der Waals surface area (Å²) in [7, 11) is 0. The van der Waals surface area contributed by atoms with Crippen molar-refractivity contribution in [2.45, 2.75) is 82.3 Å². The Hall–Kier alpha value is -0.0800. The SMILES string of the molecule is C1CCC(NCC2CC3CCCCC3N2)CC1. The molecular formula is C15H28N2. The third kappa shape index (κ3) is 3.03. The van der Waals surface area contributed by atoms with E-state index in [0.29, 0.717) is 0 Å². The molecule has 0 radical (unpaired) electrons. The molecule has 1 saturated heterocycles. The third-order valence-electron chi connectivity index (χ3n) is 5.20. The fourth-order valence-corrected chi connectivity index (χ4v) is 4.20. The van der Waals surface area contributed by atoms with Crippen LogP contribution in [0.25, 0.3) is 0 Å². The van der Waals surface area contributed by atoms with Gasteiger partial charge in [-0.25, -0.2) is 0 Å². The van der Waals surface area contributed by atoms with Gasteiger partial charge in [0, 0.05) is 24.7 Å². The van der Waals surface area contributed by atoms with Crippen molar-refractivity contribution >= 4 is 0 Å². The van der Waals surface area contributed by atoms with Crippen molar-refractivity contribution in [2.75, 3.05) is 6.54 Å². The summed E-state index contributed by atoms with van der Waals surface area (Å²) in [4.78, 5) is 0. The smallest absolute Gasteiger partial charge is 0.0198 e. The van der Waals surface area contributed by atoms with Crippen LogP contribution >= 0.6 is 0 Å². The minimum Gasteiger partial charge on any atom is -0.312 e. The maximum Gasteiger partial charge on any atom is 0.0198 e. The molecule has 2 aliphatic carbocycles. The van der Waals surface area contributed by atoms with Crippen LogP contribution in [0.5, 0.6) is 0 Å². The lowest BCUT2D eigenvalue weighted by Gasteiger charge is -2.25. The Labute approximate surface area is 106 Å². The van der Waals surface area contributed by atoms with Crippen molar-refractivity contribution in [2.24, 2.45) is 5.92 Å². The lowest BCUT2D eigenvalue weighted by Crippen LogP contribution is -2.42. The fraction of sp³-hybridized carbons (Fsp3) is 1.00. The van der Waals surface area contributed by atoms with E-state index in [-0.39, 0.29) is 0 Å². The number of fused-ring (bicyclic) bond motifs is 1. The quantitative estimate of drug-likeness (QED) is 0.787. The highest BCUT2D eigenvalue weighted by molar-refractivity contribution is 4.94. The summed E-state index contributed by atoms with van der Waals surface area (Å²) < 4.78 is 0. The summed E-state index contributed by atoms with van der Waals surface area (Å²) in [5.74, 6) is 1.00. The van der Waals surface area contributed by atoms with Crippen molar-refractivity contribution < 1.29 is 0 Å². The molecule has 2 nitrogen and oxygen atoms in total. The van der Waals surface area contributed by atoms with Gasteiger partial charge in [-0.1, -0.05) is 32.1 Å². The van der Waals surface area contributed by atoms with Crippen LogP contribution in [0.15, 0.2) is 0 Å². The Bertz CT molecular complexity index is 221. The van der Waals surface area contributed by atoms with Crippen molar-refractivity contribution in [3.8, 4) is 0 Å². The highest BCUT2D eigenvalue weighted by Crippen LogP contribution is 2.33. The van der Waals surface area contributed by atoms with Gasteiger partial charge in [-0.15, -0.1) is 0 Å². The number of hydrogen-bond acceptors (Lipinski definition) is 2.